The Kier molecular flexibility index (Phi) is 5.67. The van der Waals surface area contributed by atoms with Gasteiger partial charge in [0.05, 0.1) is 18.6 Å². The third-order valence-electron chi connectivity index (χ3n) is 5.41. The molecule has 0 aromatic heterocycles. The van der Waals surface area contributed by atoms with Gasteiger partial charge in [-0.3, -0.25) is 4.79 Å². The van der Waals surface area contributed by atoms with E-state index in [1.807, 2.05) is 4.90 Å². The Morgan fingerprint density at radius 1 is 1.27 bits per heavy atom. The fraction of sp³-hybridized carbons (Fsp3) is 0.833. The molecule has 0 aromatic carbocycles. The van der Waals surface area contributed by atoms with Crippen molar-refractivity contribution in [2.45, 2.75) is 52.4 Å². The highest BCUT2D eigenvalue weighted by Gasteiger charge is 2.48. The van der Waals surface area contributed by atoms with E-state index in [1.54, 1.807) is 7.11 Å². The number of ether oxygens (including phenoxy) is 1. The summed E-state index contributed by atoms with van der Waals surface area (Å²) < 4.78 is 5.31. The highest BCUT2D eigenvalue weighted by Crippen LogP contribution is 2.44. The van der Waals surface area contributed by atoms with Crippen LogP contribution in [0.5, 0.6) is 0 Å². The zero-order chi connectivity index (χ0) is 16.2. The molecule has 1 N–H and O–H groups in total. The molecule has 0 unspecified atom stereocenters. The van der Waals surface area contributed by atoms with E-state index in [0.717, 1.165) is 45.1 Å². The molecule has 1 aliphatic heterocycles. The molecule has 1 amide bonds. The fourth-order valence-corrected chi connectivity index (χ4v) is 3.80. The van der Waals surface area contributed by atoms with Crippen LogP contribution in [0.15, 0.2) is 11.6 Å². The van der Waals surface area contributed by atoms with Crippen LogP contribution in [-0.2, 0) is 9.53 Å². The van der Waals surface area contributed by atoms with Gasteiger partial charge in [0.25, 0.3) is 0 Å². The molecule has 0 bridgehead atoms. The van der Waals surface area contributed by atoms with Crippen LogP contribution < -0.4 is 0 Å². The summed E-state index contributed by atoms with van der Waals surface area (Å²) in [5.41, 5.74) is 0.818. The Hall–Kier alpha value is -0.870. The molecule has 2 rings (SSSR count). The maximum Gasteiger partial charge on any atom is 0.231 e. The second-order valence-corrected chi connectivity index (χ2v) is 7.54. The fourth-order valence-electron chi connectivity index (χ4n) is 3.80. The smallest absolute Gasteiger partial charge is 0.231 e. The normalized spacial score (nSPS) is 27.2. The molecule has 22 heavy (non-hydrogen) atoms. The first-order valence-corrected chi connectivity index (χ1v) is 8.50. The number of rotatable bonds is 6. The molecule has 0 aromatic rings. The van der Waals surface area contributed by atoms with E-state index < -0.39 is 0 Å². The number of methoxy groups -OCH3 is 1. The number of likely N-dealkylation sites (tertiary alicyclic amines) is 1. The summed E-state index contributed by atoms with van der Waals surface area (Å²) in [6.07, 6.45) is 8.02. The number of nitrogens with zero attached hydrogens (tertiary/aromatic N) is 1. The summed E-state index contributed by atoms with van der Waals surface area (Å²) in [6.45, 7) is 6.34. The van der Waals surface area contributed by atoms with Crippen molar-refractivity contribution in [2.75, 3.05) is 33.4 Å². The summed E-state index contributed by atoms with van der Waals surface area (Å²) >= 11 is 0. The van der Waals surface area contributed by atoms with Crippen LogP contribution in [0.3, 0.4) is 0 Å². The maximum atomic E-state index is 13.0. The third kappa shape index (κ3) is 3.54. The molecule has 1 heterocycles. The second kappa shape index (κ2) is 7.14. The van der Waals surface area contributed by atoms with Crippen LogP contribution in [0.1, 0.15) is 52.4 Å². The average Bonchev–Trinajstić information content (AvgIpc) is 2.48. The monoisotopic (exact) mass is 309 g/mol. The van der Waals surface area contributed by atoms with Gasteiger partial charge in [-0.1, -0.05) is 18.1 Å². The summed E-state index contributed by atoms with van der Waals surface area (Å²) in [5.74, 6) is 0.246. The summed E-state index contributed by atoms with van der Waals surface area (Å²) in [6, 6.07) is 0. The van der Waals surface area contributed by atoms with Gasteiger partial charge >= 0.3 is 0 Å². The van der Waals surface area contributed by atoms with Crippen molar-refractivity contribution in [1.82, 2.24) is 4.90 Å². The van der Waals surface area contributed by atoms with E-state index >= 15 is 0 Å². The molecule has 1 saturated heterocycles. The number of hydrogen-bond acceptors (Lipinski definition) is 3. The molecule has 0 radical (unpaired) electrons. The lowest BCUT2D eigenvalue weighted by Gasteiger charge is -2.48. The zero-order valence-electron chi connectivity index (χ0n) is 14.4. The number of amides is 1. The van der Waals surface area contributed by atoms with Crippen molar-refractivity contribution in [3.8, 4) is 0 Å². The molecule has 4 nitrogen and oxygen atoms in total. The first-order chi connectivity index (χ1) is 10.5. The van der Waals surface area contributed by atoms with Crippen LogP contribution in [0, 0.1) is 10.8 Å². The van der Waals surface area contributed by atoms with Crippen LogP contribution >= 0.6 is 0 Å². The van der Waals surface area contributed by atoms with Crippen LogP contribution in [0.2, 0.25) is 0 Å². The predicted octanol–water partition coefficient (Wildman–Crippen LogP) is 2.76. The quantitative estimate of drug-likeness (QED) is 0.768. The Bertz CT molecular complexity index is 424. The van der Waals surface area contributed by atoms with Crippen molar-refractivity contribution in [3.63, 3.8) is 0 Å². The van der Waals surface area contributed by atoms with Crippen molar-refractivity contribution in [3.05, 3.63) is 11.6 Å². The van der Waals surface area contributed by atoms with E-state index in [1.165, 1.54) is 5.57 Å². The summed E-state index contributed by atoms with van der Waals surface area (Å²) in [4.78, 5) is 15.0. The topological polar surface area (TPSA) is 49.8 Å². The molecule has 1 aliphatic carbocycles. The van der Waals surface area contributed by atoms with Crippen molar-refractivity contribution < 1.29 is 14.6 Å². The van der Waals surface area contributed by atoms with Gasteiger partial charge in [-0.05, 0) is 46.0 Å². The number of allylic oxidation sites excluding steroid dienone is 2. The van der Waals surface area contributed by atoms with E-state index in [0.29, 0.717) is 13.2 Å². The molecule has 0 spiro atoms. The molecule has 1 atom stereocenters. The van der Waals surface area contributed by atoms with Gasteiger partial charge in [0.1, 0.15) is 0 Å². The number of carbonyl (C=O) groups excluding carboxylic acids is 1. The van der Waals surface area contributed by atoms with Gasteiger partial charge in [-0.25, -0.2) is 0 Å². The predicted molar refractivity (Wildman–Crippen MR) is 87.5 cm³/mol. The summed E-state index contributed by atoms with van der Waals surface area (Å²) in [7, 11) is 1.68. The Morgan fingerprint density at radius 3 is 2.50 bits per heavy atom. The van der Waals surface area contributed by atoms with E-state index in [4.69, 9.17) is 4.74 Å². The van der Waals surface area contributed by atoms with Crippen LogP contribution in [-0.4, -0.2) is 49.3 Å². The first kappa shape index (κ1) is 17.5. The Balaban J connectivity index is 2.08. The van der Waals surface area contributed by atoms with Crippen LogP contribution in [0.4, 0.5) is 0 Å². The second-order valence-electron chi connectivity index (χ2n) is 7.54. The molecule has 126 valence electrons. The van der Waals surface area contributed by atoms with Gasteiger partial charge in [0.15, 0.2) is 0 Å². The van der Waals surface area contributed by atoms with E-state index in [-0.39, 0.29) is 23.3 Å². The van der Waals surface area contributed by atoms with Crippen LogP contribution in [0.25, 0.3) is 0 Å². The maximum absolute atomic E-state index is 13.0. The van der Waals surface area contributed by atoms with Gasteiger partial charge in [0, 0.05) is 25.6 Å². The highest BCUT2D eigenvalue weighted by atomic mass is 16.5. The lowest BCUT2D eigenvalue weighted by Crippen LogP contribution is -2.55. The number of hydrogen-bond donors (Lipinski definition) is 1. The van der Waals surface area contributed by atoms with Crippen molar-refractivity contribution in [1.29, 1.82) is 0 Å². The van der Waals surface area contributed by atoms with Gasteiger partial charge in [-0.2, -0.15) is 0 Å². The zero-order valence-corrected chi connectivity index (χ0v) is 14.4. The minimum Gasteiger partial charge on any atom is -0.396 e. The number of aliphatic hydroxyl groups is 1. The lowest BCUT2D eigenvalue weighted by atomic mass is 9.67. The minimum atomic E-state index is -0.288. The number of carbonyl (C=O) groups is 1. The molecule has 4 heteroatoms. The first-order valence-electron chi connectivity index (χ1n) is 8.50. The minimum absolute atomic E-state index is 0.151. The van der Waals surface area contributed by atoms with E-state index in [9.17, 15) is 9.90 Å². The lowest BCUT2D eigenvalue weighted by molar-refractivity contribution is -0.156. The SMILES string of the molecule is COCC1(C(=O)N2CCC[C@](CO)(CC=C(C)C)C2)CCC1. The Labute approximate surface area is 134 Å². The third-order valence-corrected chi connectivity index (χ3v) is 5.41. The Morgan fingerprint density at radius 2 is 2.00 bits per heavy atom. The molecular formula is C18H31NO3. The van der Waals surface area contributed by atoms with Crippen molar-refractivity contribution >= 4 is 5.91 Å². The number of piperidine rings is 1. The van der Waals surface area contributed by atoms with E-state index in [2.05, 4.69) is 19.9 Å². The molecule has 2 fully saturated rings. The molecule has 2 aliphatic rings. The van der Waals surface area contributed by atoms with Gasteiger partial charge in [0.2, 0.25) is 5.91 Å². The van der Waals surface area contributed by atoms with Gasteiger partial charge in [-0.15, -0.1) is 0 Å². The standard InChI is InChI=1S/C18H31NO3/c1-15(2)6-10-17(13-20)7-5-11-19(12-17)16(21)18(14-22-3)8-4-9-18/h6,20H,4-5,7-14H2,1-3H3/t17-/m0/s1. The van der Waals surface area contributed by atoms with Gasteiger partial charge < -0.3 is 14.7 Å². The highest BCUT2D eigenvalue weighted by molar-refractivity contribution is 5.84. The molecule has 1 saturated carbocycles. The largest absolute Gasteiger partial charge is 0.396 e. The average molecular weight is 309 g/mol. The number of aliphatic hydroxyl groups excluding tert-OH is 1. The van der Waals surface area contributed by atoms with Crippen molar-refractivity contribution in [2.24, 2.45) is 10.8 Å². The molecular weight excluding hydrogens is 278 g/mol. The summed E-state index contributed by atoms with van der Waals surface area (Å²) in [5, 5.41) is 9.94.